The highest BCUT2D eigenvalue weighted by Gasteiger charge is 2.38. The SMILES string of the molecule is COC(=O)c1cc(Br)c(-c2ccc(O[Si](C)(C)C(C)(C)C)cc2)c(I)c1.c1ccc(-c2ccccc2)cc1. The number of hydrogen-bond acceptors (Lipinski definition) is 3. The van der Waals surface area contributed by atoms with Gasteiger partial charge in [0, 0.05) is 13.6 Å². The Kier molecular flexibility index (Phi) is 10.4. The van der Waals surface area contributed by atoms with E-state index in [2.05, 4.69) is 133 Å². The van der Waals surface area contributed by atoms with Crippen LogP contribution in [0.4, 0.5) is 0 Å². The minimum absolute atomic E-state index is 0.161. The molecule has 4 aromatic carbocycles. The largest absolute Gasteiger partial charge is 0.544 e. The van der Waals surface area contributed by atoms with Crippen LogP contribution >= 0.6 is 38.5 Å². The third kappa shape index (κ3) is 7.80. The van der Waals surface area contributed by atoms with Crippen LogP contribution in [0.15, 0.2) is 102 Å². The number of methoxy groups -OCH3 is 1. The number of carbonyl (C=O) groups is 1. The zero-order valence-electron chi connectivity index (χ0n) is 22.7. The molecule has 0 radical (unpaired) electrons. The first-order valence-corrected chi connectivity index (χ1v) is 17.2. The van der Waals surface area contributed by atoms with Crippen molar-refractivity contribution in [2.45, 2.75) is 38.9 Å². The number of rotatable bonds is 5. The summed E-state index contributed by atoms with van der Waals surface area (Å²) in [5, 5.41) is 0.161. The predicted molar refractivity (Wildman–Crippen MR) is 173 cm³/mol. The van der Waals surface area contributed by atoms with Crippen LogP contribution in [0.1, 0.15) is 31.1 Å². The van der Waals surface area contributed by atoms with Crippen molar-refractivity contribution in [2.75, 3.05) is 7.11 Å². The van der Waals surface area contributed by atoms with E-state index in [0.717, 1.165) is 24.9 Å². The van der Waals surface area contributed by atoms with E-state index >= 15 is 0 Å². The fourth-order valence-electron chi connectivity index (χ4n) is 3.48. The van der Waals surface area contributed by atoms with E-state index in [-0.39, 0.29) is 11.0 Å². The Hall–Kier alpha value is -2.42. The Bertz CT molecular complexity index is 1290. The van der Waals surface area contributed by atoms with Crippen LogP contribution in [-0.4, -0.2) is 21.4 Å². The van der Waals surface area contributed by atoms with Gasteiger partial charge in [-0.05, 0) is 81.7 Å². The van der Waals surface area contributed by atoms with Crippen molar-refractivity contribution < 1.29 is 14.0 Å². The summed E-state index contributed by atoms with van der Waals surface area (Å²) in [4.78, 5) is 11.8. The predicted octanol–water partition coefficient (Wildman–Crippen LogP) is 10.2. The normalized spacial score (nSPS) is 11.3. The standard InChI is InChI=1S/C20H24BrIO3Si.C12H10/c1-20(2,3)26(5,6)25-15-9-7-13(8-10-15)18-16(21)11-14(12-17(18)22)19(23)24-4;1-3-7-11(8-4-1)12-9-5-2-6-10-12/h7-12H,1-6H3;1-10H. The average Bonchev–Trinajstić information content (AvgIpc) is 2.89. The molecule has 0 bridgehead atoms. The monoisotopic (exact) mass is 700 g/mol. The molecule has 6 heteroatoms. The number of esters is 1. The first-order valence-electron chi connectivity index (χ1n) is 12.4. The molecule has 0 aliphatic heterocycles. The van der Waals surface area contributed by atoms with Gasteiger partial charge in [-0.1, -0.05) is 109 Å². The van der Waals surface area contributed by atoms with Crippen molar-refractivity contribution in [1.82, 2.24) is 0 Å². The Balaban J connectivity index is 0.000000275. The summed E-state index contributed by atoms with van der Waals surface area (Å²) in [5.74, 6) is 0.561. The highest BCUT2D eigenvalue weighted by Crippen LogP contribution is 2.39. The molecule has 0 aromatic heterocycles. The van der Waals surface area contributed by atoms with E-state index < -0.39 is 8.32 Å². The topological polar surface area (TPSA) is 35.5 Å². The van der Waals surface area contributed by atoms with Gasteiger partial charge in [0.2, 0.25) is 8.32 Å². The third-order valence-corrected chi connectivity index (χ3v) is 12.5. The molecule has 4 rings (SSSR count). The molecular formula is C32H34BrIO3Si. The van der Waals surface area contributed by atoms with Crippen LogP contribution in [-0.2, 0) is 4.74 Å². The highest BCUT2D eigenvalue weighted by atomic mass is 127. The van der Waals surface area contributed by atoms with E-state index in [1.807, 2.05) is 30.3 Å². The molecule has 0 aliphatic rings. The first-order chi connectivity index (χ1) is 17.9. The number of benzene rings is 4. The van der Waals surface area contributed by atoms with Crippen molar-refractivity contribution in [3.63, 3.8) is 0 Å². The maximum absolute atomic E-state index is 11.8. The molecule has 0 saturated carbocycles. The molecule has 198 valence electrons. The van der Waals surface area contributed by atoms with Crippen molar-refractivity contribution in [3.05, 3.63) is 111 Å². The minimum atomic E-state index is -1.85. The molecule has 0 spiro atoms. The lowest BCUT2D eigenvalue weighted by atomic mass is 10.0. The lowest BCUT2D eigenvalue weighted by molar-refractivity contribution is 0.0600. The van der Waals surface area contributed by atoms with Gasteiger partial charge in [-0.15, -0.1) is 0 Å². The van der Waals surface area contributed by atoms with Gasteiger partial charge in [-0.2, -0.15) is 0 Å². The molecule has 0 aliphatic carbocycles. The van der Waals surface area contributed by atoms with Crippen LogP contribution in [0, 0.1) is 3.57 Å². The van der Waals surface area contributed by atoms with E-state index in [1.54, 1.807) is 6.07 Å². The molecule has 0 atom stereocenters. The van der Waals surface area contributed by atoms with Crippen LogP contribution in [0.2, 0.25) is 18.1 Å². The molecule has 0 saturated heterocycles. The summed E-state index contributed by atoms with van der Waals surface area (Å²) < 4.78 is 13.0. The van der Waals surface area contributed by atoms with Crippen molar-refractivity contribution in [2.24, 2.45) is 0 Å². The zero-order valence-corrected chi connectivity index (χ0v) is 27.5. The van der Waals surface area contributed by atoms with Crippen molar-refractivity contribution in [3.8, 4) is 28.0 Å². The summed E-state index contributed by atoms with van der Waals surface area (Å²) in [5.41, 5.74) is 5.21. The van der Waals surface area contributed by atoms with Gasteiger partial charge >= 0.3 is 5.97 Å². The van der Waals surface area contributed by atoms with E-state index in [9.17, 15) is 4.79 Å². The van der Waals surface area contributed by atoms with Gasteiger partial charge in [-0.25, -0.2) is 4.79 Å². The van der Waals surface area contributed by atoms with Crippen LogP contribution in [0.5, 0.6) is 5.75 Å². The maximum atomic E-state index is 11.8. The lowest BCUT2D eigenvalue weighted by Gasteiger charge is -2.36. The molecule has 3 nitrogen and oxygen atoms in total. The van der Waals surface area contributed by atoms with Crippen molar-refractivity contribution in [1.29, 1.82) is 0 Å². The summed E-state index contributed by atoms with van der Waals surface area (Å²) in [6.45, 7) is 11.2. The Morgan fingerprint density at radius 3 is 1.71 bits per heavy atom. The van der Waals surface area contributed by atoms with Crippen molar-refractivity contribution >= 4 is 52.8 Å². The molecule has 0 fully saturated rings. The first kappa shape index (κ1) is 30.1. The average molecular weight is 702 g/mol. The summed E-state index contributed by atoms with van der Waals surface area (Å²) >= 11 is 5.83. The second kappa shape index (κ2) is 13.1. The molecule has 0 unspecified atom stereocenters. The fraction of sp³-hybridized carbons (Fsp3) is 0.219. The number of halogens is 2. The fourth-order valence-corrected chi connectivity index (χ4v) is 6.51. The summed E-state index contributed by atoms with van der Waals surface area (Å²) in [7, 11) is -0.464. The van der Waals surface area contributed by atoms with E-state index in [0.29, 0.717) is 5.56 Å². The molecule has 4 aromatic rings. The zero-order chi connectivity index (χ0) is 27.9. The van der Waals surface area contributed by atoms with Gasteiger partial charge in [-0.3, -0.25) is 0 Å². The molecular weight excluding hydrogens is 667 g/mol. The van der Waals surface area contributed by atoms with Gasteiger partial charge in [0.25, 0.3) is 0 Å². The molecule has 0 amide bonds. The van der Waals surface area contributed by atoms with Gasteiger partial charge in [0.1, 0.15) is 5.75 Å². The smallest absolute Gasteiger partial charge is 0.337 e. The van der Waals surface area contributed by atoms with Gasteiger partial charge in [0.05, 0.1) is 12.7 Å². The Morgan fingerprint density at radius 1 is 0.789 bits per heavy atom. The third-order valence-electron chi connectivity index (χ3n) is 6.67. The van der Waals surface area contributed by atoms with Gasteiger partial charge < -0.3 is 9.16 Å². The lowest BCUT2D eigenvalue weighted by Crippen LogP contribution is -2.43. The van der Waals surface area contributed by atoms with Gasteiger partial charge in [0.15, 0.2) is 0 Å². The Morgan fingerprint density at radius 2 is 1.29 bits per heavy atom. The van der Waals surface area contributed by atoms with Crippen LogP contribution in [0.25, 0.3) is 22.3 Å². The summed E-state index contributed by atoms with van der Waals surface area (Å²) in [6.07, 6.45) is 0. The minimum Gasteiger partial charge on any atom is -0.544 e. The molecule has 38 heavy (non-hydrogen) atoms. The molecule has 0 heterocycles. The number of carbonyl (C=O) groups excluding carboxylic acids is 1. The second-order valence-corrected chi connectivity index (χ2v) is 17.2. The second-order valence-electron chi connectivity index (χ2n) is 10.4. The number of ether oxygens (including phenoxy) is 1. The van der Waals surface area contributed by atoms with Crippen LogP contribution < -0.4 is 4.43 Å². The van der Waals surface area contributed by atoms with E-state index in [4.69, 9.17) is 9.16 Å². The van der Waals surface area contributed by atoms with Crippen LogP contribution in [0.3, 0.4) is 0 Å². The van der Waals surface area contributed by atoms with E-state index in [1.165, 1.54) is 18.2 Å². The maximum Gasteiger partial charge on any atom is 0.337 e. The number of hydrogen-bond donors (Lipinski definition) is 0. The summed E-state index contributed by atoms with van der Waals surface area (Å²) in [6, 6.07) is 32.6. The molecule has 0 N–H and O–H groups in total. The Labute approximate surface area is 250 Å². The quantitative estimate of drug-likeness (QED) is 0.118. The highest BCUT2D eigenvalue weighted by molar-refractivity contribution is 14.1.